The van der Waals surface area contributed by atoms with Gasteiger partial charge in [-0.05, 0) is 44.7 Å². The quantitative estimate of drug-likeness (QED) is 0.747. The van der Waals surface area contributed by atoms with Gasteiger partial charge in [-0.15, -0.1) is 0 Å². The normalized spacial score (nSPS) is 24.8. The van der Waals surface area contributed by atoms with Crippen molar-refractivity contribution in [3.8, 4) is 0 Å². The molecule has 1 unspecified atom stereocenters. The Morgan fingerprint density at radius 2 is 2.05 bits per heavy atom. The molecule has 1 atom stereocenters. The molecule has 3 nitrogen and oxygen atoms in total. The lowest BCUT2D eigenvalue weighted by atomic mass is 9.90. The van der Waals surface area contributed by atoms with Crippen molar-refractivity contribution in [3.63, 3.8) is 0 Å². The Morgan fingerprint density at radius 3 is 2.80 bits per heavy atom. The molecule has 1 heterocycles. The van der Waals surface area contributed by atoms with Crippen LogP contribution in [-0.2, 0) is 9.53 Å². The van der Waals surface area contributed by atoms with Crippen LogP contribution in [-0.4, -0.2) is 44.0 Å². The average Bonchev–Trinajstić information content (AvgIpc) is 2.74. The largest absolute Gasteiger partial charge is 0.384 e. The van der Waals surface area contributed by atoms with Crippen molar-refractivity contribution in [2.45, 2.75) is 32.1 Å². The molecule has 0 spiro atoms. The van der Waals surface area contributed by atoms with Crippen molar-refractivity contribution in [1.82, 2.24) is 4.90 Å². The fraction of sp³-hybridized carbons (Fsp3) is 0.706. The number of nitrogens with zero attached hydrogens (tertiary/aromatic N) is 1. The second kappa shape index (κ2) is 8.38. The zero-order chi connectivity index (χ0) is 14.2. The number of ether oxygens (including phenoxy) is 1. The summed E-state index contributed by atoms with van der Waals surface area (Å²) in [4.78, 5) is 14.5. The van der Waals surface area contributed by atoms with E-state index in [1.807, 2.05) is 0 Å². The van der Waals surface area contributed by atoms with Gasteiger partial charge in [0.05, 0.1) is 6.61 Å². The maximum atomic E-state index is 12.0. The molecule has 1 fully saturated rings. The first-order chi connectivity index (χ1) is 9.79. The predicted molar refractivity (Wildman–Crippen MR) is 81.7 cm³/mol. The zero-order valence-corrected chi connectivity index (χ0v) is 12.6. The Balaban J connectivity index is 1.70. The molecule has 0 amide bonds. The number of allylic oxidation sites excluding steroid dienone is 3. The third-order valence-electron chi connectivity index (χ3n) is 4.42. The summed E-state index contributed by atoms with van der Waals surface area (Å²) >= 11 is 0. The Kier molecular flexibility index (Phi) is 6.48. The maximum Gasteiger partial charge on any atom is 0.138 e. The van der Waals surface area contributed by atoms with E-state index >= 15 is 0 Å². The molecular formula is C17H27NO2. The molecule has 0 aromatic rings. The van der Waals surface area contributed by atoms with E-state index in [-0.39, 0.29) is 5.92 Å². The minimum atomic E-state index is 0.271. The van der Waals surface area contributed by atoms with Gasteiger partial charge in [-0.25, -0.2) is 0 Å². The van der Waals surface area contributed by atoms with Gasteiger partial charge in [-0.3, -0.25) is 4.79 Å². The highest BCUT2D eigenvalue weighted by atomic mass is 16.5. The smallest absolute Gasteiger partial charge is 0.138 e. The van der Waals surface area contributed by atoms with Crippen LogP contribution in [0.1, 0.15) is 32.1 Å². The summed E-state index contributed by atoms with van der Waals surface area (Å²) in [5, 5.41) is 0. The van der Waals surface area contributed by atoms with Crippen molar-refractivity contribution >= 4 is 5.78 Å². The van der Waals surface area contributed by atoms with Gasteiger partial charge in [0, 0.05) is 26.0 Å². The topological polar surface area (TPSA) is 29.5 Å². The number of carbonyl (C=O) groups excluding carboxylic acids is 1. The van der Waals surface area contributed by atoms with Gasteiger partial charge in [0.2, 0.25) is 0 Å². The van der Waals surface area contributed by atoms with Crippen LogP contribution < -0.4 is 0 Å². The van der Waals surface area contributed by atoms with Gasteiger partial charge >= 0.3 is 0 Å². The second-order valence-corrected chi connectivity index (χ2v) is 5.93. The monoisotopic (exact) mass is 277 g/mol. The van der Waals surface area contributed by atoms with Crippen LogP contribution in [0.25, 0.3) is 0 Å². The highest BCUT2D eigenvalue weighted by Crippen LogP contribution is 2.22. The fourth-order valence-corrected chi connectivity index (χ4v) is 3.13. The van der Waals surface area contributed by atoms with E-state index in [1.165, 1.54) is 12.8 Å². The molecule has 1 aliphatic carbocycles. The third kappa shape index (κ3) is 4.88. The lowest BCUT2D eigenvalue weighted by molar-refractivity contribution is -0.125. The Labute approximate surface area is 122 Å². The Hall–Kier alpha value is -0.930. The molecule has 2 rings (SSSR count). The molecule has 2 aliphatic rings. The molecular weight excluding hydrogens is 250 g/mol. The molecule has 20 heavy (non-hydrogen) atoms. The van der Waals surface area contributed by atoms with E-state index in [2.05, 4.69) is 29.2 Å². The fourth-order valence-electron chi connectivity index (χ4n) is 3.13. The van der Waals surface area contributed by atoms with Crippen LogP contribution >= 0.6 is 0 Å². The number of hydrogen-bond acceptors (Lipinski definition) is 3. The summed E-state index contributed by atoms with van der Waals surface area (Å²) < 4.78 is 4.99. The van der Waals surface area contributed by atoms with Crippen LogP contribution in [0.3, 0.4) is 0 Å². The van der Waals surface area contributed by atoms with E-state index in [4.69, 9.17) is 4.74 Å². The van der Waals surface area contributed by atoms with Crippen molar-refractivity contribution in [3.05, 3.63) is 24.3 Å². The molecule has 0 radical (unpaired) electrons. The summed E-state index contributed by atoms with van der Waals surface area (Å²) in [5.41, 5.74) is 0. The third-order valence-corrected chi connectivity index (χ3v) is 4.42. The molecule has 1 aliphatic heterocycles. The van der Waals surface area contributed by atoms with Crippen LogP contribution in [0.5, 0.6) is 0 Å². The van der Waals surface area contributed by atoms with Crippen LogP contribution in [0.2, 0.25) is 0 Å². The first-order valence-electron chi connectivity index (χ1n) is 7.87. The Morgan fingerprint density at radius 1 is 1.25 bits per heavy atom. The van der Waals surface area contributed by atoms with E-state index in [0.717, 1.165) is 32.5 Å². The van der Waals surface area contributed by atoms with Crippen molar-refractivity contribution in [1.29, 1.82) is 0 Å². The highest BCUT2D eigenvalue weighted by molar-refractivity contribution is 5.81. The molecule has 0 aromatic heterocycles. The molecule has 1 saturated heterocycles. The minimum absolute atomic E-state index is 0.271. The number of carbonyl (C=O) groups is 1. The maximum absolute atomic E-state index is 12.0. The standard InChI is InChI=1S/C17H27NO2/c1-20-13-10-17(19)16-8-11-18(12-9-16)14-15-6-4-2-3-5-7-15/h2-4,6,15-16H,5,7-14H2,1H3. The van der Waals surface area contributed by atoms with Crippen LogP contribution in [0.4, 0.5) is 0 Å². The highest BCUT2D eigenvalue weighted by Gasteiger charge is 2.25. The van der Waals surface area contributed by atoms with Crippen molar-refractivity contribution in [2.24, 2.45) is 11.8 Å². The van der Waals surface area contributed by atoms with Gasteiger partial charge < -0.3 is 9.64 Å². The number of likely N-dealkylation sites (tertiary alicyclic amines) is 1. The van der Waals surface area contributed by atoms with Gasteiger partial charge in [0.1, 0.15) is 5.78 Å². The molecule has 0 N–H and O–H groups in total. The zero-order valence-electron chi connectivity index (χ0n) is 12.6. The number of methoxy groups -OCH3 is 1. The summed E-state index contributed by atoms with van der Waals surface area (Å²) in [6.07, 6.45) is 14.0. The van der Waals surface area contributed by atoms with Crippen LogP contribution in [0.15, 0.2) is 24.3 Å². The van der Waals surface area contributed by atoms with Crippen molar-refractivity contribution < 1.29 is 9.53 Å². The number of piperidine rings is 1. The molecule has 112 valence electrons. The summed E-state index contributed by atoms with van der Waals surface area (Å²) in [5.74, 6) is 1.34. The minimum Gasteiger partial charge on any atom is -0.384 e. The lowest BCUT2D eigenvalue weighted by Gasteiger charge is -2.33. The summed E-state index contributed by atoms with van der Waals surface area (Å²) in [6.45, 7) is 3.86. The second-order valence-electron chi connectivity index (χ2n) is 5.93. The van der Waals surface area contributed by atoms with Gasteiger partial charge in [-0.2, -0.15) is 0 Å². The molecule has 0 bridgehead atoms. The van der Waals surface area contributed by atoms with Crippen molar-refractivity contribution in [2.75, 3.05) is 33.4 Å². The van der Waals surface area contributed by atoms with E-state index in [0.29, 0.717) is 24.7 Å². The van der Waals surface area contributed by atoms with Gasteiger partial charge in [0.25, 0.3) is 0 Å². The molecule has 0 saturated carbocycles. The van der Waals surface area contributed by atoms with E-state index in [1.54, 1.807) is 7.11 Å². The predicted octanol–water partition coefficient (Wildman–Crippen LogP) is 2.83. The van der Waals surface area contributed by atoms with E-state index in [9.17, 15) is 4.79 Å². The first kappa shape index (κ1) is 15.5. The number of hydrogen-bond donors (Lipinski definition) is 0. The number of ketones is 1. The SMILES string of the molecule is COCCC(=O)C1CCN(CC2C=CC=CCC2)CC1. The number of Topliss-reactive ketones (excluding diaryl/α,β-unsaturated/α-hetero) is 1. The first-order valence-corrected chi connectivity index (χ1v) is 7.87. The molecule has 0 aromatic carbocycles. The summed E-state index contributed by atoms with van der Waals surface area (Å²) in [6, 6.07) is 0. The molecule has 3 heteroatoms. The Bertz CT molecular complexity index is 354. The number of rotatable bonds is 6. The van der Waals surface area contributed by atoms with E-state index < -0.39 is 0 Å². The summed E-state index contributed by atoms with van der Waals surface area (Å²) in [7, 11) is 1.66. The van der Waals surface area contributed by atoms with Crippen LogP contribution in [0, 0.1) is 11.8 Å². The van der Waals surface area contributed by atoms with Gasteiger partial charge in [0.15, 0.2) is 0 Å². The van der Waals surface area contributed by atoms with Gasteiger partial charge in [-0.1, -0.05) is 24.3 Å². The average molecular weight is 277 g/mol. The lowest BCUT2D eigenvalue weighted by Crippen LogP contribution is -2.39.